The predicted molar refractivity (Wildman–Crippen MR) is 103 cm³/mol. The van der Waals surface area contributed by atoms with Gasteiger partial charge in [0.05, 0.1) is 0 Å². The number of hydrogen-bond acceptors (Lipinski definition) is 4. The van der Waals surface area contributed by atoms with Gasteiger partial charge in [-0.05, 0) is 52.4 Å². The summed E-state index contributed by atoms with van der Waals surface area (Å²) in [6, 6.07) is -1.43. The molecule has 2 fully saturated rings. The lowest BCUT2D eigenvalue weighted by atomic mass is 9.74. The molecule has 1 aliphatic carbocycles. The van der Waals surface area contributed by atoms with Gasteiger partial charge in [-0.2, -0.15) is 0 Å². The van der Waals surface area contributed by atoms with E-state index in [1.807, 2.05) is 13.8 Å². The van der Waals surface area contributed by atoms with Crippen LogP contribution in [0.4, 0.5) is 4.79 Å². The van der Waals surface area contributed by atoms with E-state index in [0.717, 1.165) is 6.42 Å². The lowest BCUT2D eigenvalue weighted by molar-refractivity contribution is -0.142. The first-order chi connectivity index (χ1) is 12.5. The zero-order valence-corrected chi connectivity index (χ0v) is 17.1. The Labute approximate surface area is 161 Å². The van der Waals surface area contributed by atoms with Gasteiger partial charge in [-0.1, -0.05) is 19.9 Å². The molecule has 0 aromatic rings. The minimum absolute atomic E-state index is 0.0363. The number of fused-ring (bicyclic) bond motifs is 1. The molecule has 7 heteroatoms. The van der Waals surface area contributed by atoms with Crippen molar-refractivity contribution >= 4 is 17.9 Å². The molecule has 2 rings (SSSR count). The summed E-state index contributed by atoms with van der Waals surface area (Å²) in [5.74, 6) is -0.447. The van der Waals surface area contributed by atoms with Gasteiger partial charge in [-0.25, -0.2) is 4.79 Å². The highest BCUT2D eigenvalue weighted by molar-refractivity contribution is 5.93. The Hall–Kier alpha value is -2.05. The number of piperidine rings is 1. The largest absolute Gasteiger partial charge is 0.444 e. The van der Waals surface area contributed by atoms with Gasteiger partial charge in [-0.3, -0.25) is 9.59 Å². The number of nitrogens with two attached hydrogens (primary N) is 1. The molecule has 3 N–H and O–H groups in total. The van der Waals surface area contributed by atoms with Gasteiger partial charge >= 0.3 is 6.09 Å². The number of alkyl carbamates (subject to hydrolysis) is 1. The Morgan fingerprint density at radius 3 is 2.30 bits per heavy atom. The van der Waals surface area contributed by atoms with Gasteiger partial charge < -0.3 is 20.7 Å². The van der Waals surface area contributed by atoms with Crippen molar-refractivity contribution in [3.8, 4) is 0 Å². The highest BCUT2D eigenvalue weighted by Crippen LogP contribution is 2.49. The molecule has 27 heavy (non-hydrogen) atoms. The zero-order valence-electron chi connectivity index (χ0n) is 17.1. The Balaban J connectivity index is 2.33. The fraction of sp³-hybridized carbons (Fsp3) is 0.750. The van der Waals surface area contributed by atoms with Gasteiger partial charge in [0.1, 0.15) is 17.7 Å². The molecule has 1 heterocycles. The number of nitrogens with zero attached hydrogens (tertiary/aromatic N) is 1. The van der Waals surface area contributed by atoms with Crippen LogP contribution in [0.5, 0.6) is 0 Å². The smallest absolute Gasteiger partial charge is 0.408 e. The second-order valence-electron chi connectivity index (χ2n) is 8.69. The number of amides is 3. The van der Waals surface area contributed by atoms with Crippen molar-refractivity contribution in [2.45, 2.75) is 84.0 Å². The highest BCUT2D eigenvalue weighted by Gasteiger charge is 2.58. The van der Waals surface area contributed by atoms with E-state index >= 15 is 0 Å². The van der Waals surface area contributed by atoms with E-state index in [9.17, 15) is 14.4 Å². The molecule has 3 amide bonds. The maximum atomic E-state index is 13.5. The number of hydrogen-bond donors (Lipinski definition) is 2. The summed E-state index contributed by atoms with van der Waals surface area (Å²) in [4.78, 5) is 39.4. The van der Waals surface area contributed by atoms with Gasteiger partial charge in [0.15, 0.2) is 0 Å². The SMILES string of the molecule is C=CC(CC)(CC)C(NC(=O)OC(C)(C)C)C(=O)N1[C@H](C(N)=O)C[C@@H]2C[C@@H]21. The van der Waals surface area contributed by atoms with Crippen LogP contribution in [-0.2, 0) is 14.3 Å². The lowest BCUT2D eigenvalue weighted by Crippen LogP contribution is -2.60. The average molecular weight is 380 g/mol. The van der Waals surface area contributed by atoms with Gasteiger partial charge in [0.25, 0.3) is 0 Å². The number of carbonyl (C=O) groups is 3. The van der Waals surface area contributed by atoms with E-state index in [2.05, 4.69) is 11.9 Å². The van der Waals surface area contributed by atoms with E-state index in [0.29, 0.717) is 25.2 Å². The maximum Gasteiger partial charge on any atom is 0.408 e. The van der Waals surface area contributed by atoms with E-state index in [-0.39, 0.29) is 11.9 Å². The second kappa shape index (κ2) is 7.52. The number of carbonyl (C=O) groups excluding carboxylic acids is 3. The summed E-state index contributed by atoms with van der Waals surface area (Å²) in [5.41, 5.74) is 4.22. The third-order valence-electron chi connectivity index (χ3n) is 5.89. The van der Waals surface area contributed by atoms with Crippen molar-refractivity contribution in [2.75, 3.05) is 0 Å². The van der Waals surface area contributed by atoms with Crippen LogP contribution in [0.1, 0.15) is 60.3 Å². The summed E-state index contributed by atoms with van der Waals surface area (Å²) in [5, 5.41) is 2.77. The summed E-state index contributed by atoms with van der Waals surface area (Å²) in [6.45, 7) is 13.1. The molecule has 0 aromatic heterocycles. The fourth-order valence-corrected chi connectivity index (χ4v) is 4.12. The number of primary amides is 1. The summed E-state index contributed by atoms with van der Waals surface area (Å²) in [6.07, 6.45) is 3.78. The first kappa shape index (κ1) is 21.3. The molecule has 2 aliphatic rings. The molecule has 0 aromatic carbocycles. The van der Waals surface area contributed by atoms with Crippen LogP contribution in [0.15, 0.2) is 12.7 Å². The molecular formula is C20H33N3O4. The molecule has 152 valence electrons. The highest BCUT2D eigenvalue weighted by atomic mass is 16.6. The molecule has 0 bridgehead atoms. The first-order valence-corrected chi connectivity index (χ1v) is 9.74. The van der Waals surface area contributed by atoms with Crippen LogP contribution >= 0.6 is 0 Å². The van der Waals surface area contributed by atoms with Crippen molar-refractivity contribution in [1.82, 2.24) is 10.2 Å². The van der Waals surface area contributed by atoms with E-state index < -0.39 is 35.1 Å². The average Bonchev–Trinajstić information content (AvgIpc) is 3.23. The zero-order chi connectivity index (χ0) is 20.6. The van der Waals surface area contributed by atoms with Crippen LogP contribution in [0.2, 0.25) is 0 Å². The van der Waals surface area contributed by atoms with E-state index in [1.165, 1.54) is 0 Å². The molecule has 7 nitrogen and oxygen atoms in total. The molecule has 1 saturated heterocycles. The Morgan fingerprint density at radius 1 is 1.26 bits per heavy atom. The van der Waals surface area contributed by atoms with Crippen molar-refractivity contribution < 1.29 is 19.1 Å². The van der Waals surface area contributed by atoms with Crippen LogP contribution < -0.4 is 11.1 Å². The summed E-state index contributed by atoms with van der Waals surface area (Å²) in [7, 11) is 0. The van der Waals surface area contributed by atoms with Gasteiger partial charge in [0, 0.05) is 11.5 Å². The van der Waals surface area contributed by atoms with Crippen molar-refractivity contribution in [3.05, 3.63) is 12.7 Å². The quantitative estimate of drug-likeness (QED) is 0.663. The monoisotopic (exact) mass is 379 g/mol. The molecule has 1 aliphatic heterocycles. The molecular weight excluding hydrogens is 346 g/mol. The van der Waals surface area contributed by atoms with Crippen molar-refractivity contribution in [3.63, 3.8) is 0 Å². The van der Waals surface area contributed by atoms with Gasteiger partial charge in [0.2, 0.25) is 11.8 Å². The number of nitrogens with one attached hydrogen (secondary N) is 1. The third-order valence-corrected chi connectivity index (χ3v) is 5.89. The first-order valence-electron chi connectivity index (χ1n) is 9.74. The third kappa shape index (κ3) is 4.28. The standard InChI is InChI=1S/C20H33N3O4/c1-7-20(8-2,9-3)15(22-18(26)27-19(4,5)6)17(25)23-13-10-12(13)11-14(23)16(21)24/h7,12-15H,1,8-11H2,2-6H3,(H2,21,24)(H,22,26)/t12-,13-,14-,15?/m0/s1. The van der Waals surface area contributed by atoms with Crippen LogP contribution in [-0.4, -0.2) is 46.5 Å². The Bertz CT molecular complexity index is 621. The molecule has 0 radical (unpaired) electrons. The predicted octanol–water partition coefficient (Wildman–Crippen LogP) is 2.35. The lowest BCUT2D eigenvalue weighted by Gasteiger charge is -2.40. The minimum atomic E-state index is -0.860. The Kier molecular flexibility index (Phi) is 5.92. The fourth-order valence-electron chi connectivity index (χ4n) is 4.12. The summed E-state index contributed by atoms with van der Waals surface area (Å²) >= 11 is 0. The maximum absolute atomic E-state index is 13.5. The molecule has 1 saturated carbocycles. The van der Waals surface area contributed by atoms with Crippen LogP contribution in [0.3, 0.4) is 0 Å². The van der Waals surface area contributed by atoms with Crippen LogP contribution in [0.25, 0.3) is 0 Å². The topological polar surface area (TPSA) is 102 Å². The molecule has 0 spiro atoms. The number of ether oxygens (including phenoxy) is 1. The van der Waals surface area contributed by atoms with E-state index in [4.69, 9.17) is 10.5 Å². The minimum Gasteiger partial charge on any atom is -0.444 e. The normalized spacial score (nSPS) is 25.4. The second-order valence-corrected chi connectivity index (χ2v) is 8.69. The van der Waals surface area contributed by atoms with E-state index in [1.54, 1.807) is 31.7 Å². The number of rotatable bonds is 7. The van der Waals surface area contributed by atoms with Crippen molar-refractivity contribution in [2.24, 2.45) is 17.1 Å². The number of likely N-dealkylation sites (tertiary alicyclic amines) is 1. The summed E-state index contributed by atoms with van der Waals surface area (Å²) < 4.78 is 5.37. The van der Waals surface area contributed by atoms with Crippen LogP contribution in [0, 0.1) is 11.3 Å². The van der Waals surface area contributed by atoms with Crippen molar-refractivity contribution in [1.29, 1.82) is 0 Å². The Morgan fingerprint density at radius 2 is 1.85 bits per heavy atom. The molecule has 4 atom stereocenters. The van der Waals surface area contributed by atoms with Gasteiger partial charge in [-0.15, -0.1) is 6.58 Å². The molecule has 1 unspecified atom stereocenters.